The highest BCUT2D eigenvalue weighted by Gasteiger charge is 2.29. The van der Waals surface area contributed by atoms with Crippen LogP contribution in [0, 0.1) is 13.8 Å². The van der Waals surface area contributed by atoms with Crippen LogP contribution in [0.4, 0.5) is 5.82 Å². The first-order valence-corrected chi connectivity index (χ1v) is 11.9. The highest BCUT2D eigenvalue weighted by molar-refractivity contribution is 7.88. The third-order valence-corrected chi connectivity index (χ3v) is 7.65. The van der Waals surface area contributed by atoms with Crippen molar-refractivity contribution in [1.29, 1.82) is 0 Å². The molecule has 10 nitrogen and oxygen atoms in total. The van der Waals surface area contributed by atoms with E-state index in [2.05, 4.69) is 25.0 Å². The van der Waals surface area contributed by atoms with E-state index in [0.717, 1.165) is 28.4 Å². The third-order valence-electron chi connectivity index (χ3n) is 5.86. The van der Waals surface area contributed by atoms with Crippen molar-refractivity contribution in [3.05, 3.63) is 60.1 Å². The van der Waals surface area contributed by atoms with Crippen LogP contribution in [0.2, 0.25) is 0 Å². The van der Waals surface area contributed by atoms with E-state index in [1.807, 2.05) is 42.7 Å². The fourth-order valence-electron chi connectivity index (χ4n) is 3.87. The molecule has 0 aliphatic carbocycles. The molecule has 0 saturated carbocycles. The Hall–Kier alpha value is -3.31. The number of para-hydroxylation sites is 1. The average molecular weight is 454 g/mol. The van der Waals surface area contributed by atoms with Gasteiger partial charge in [0.05, 0.1) is 5.69 Å². The average Bonchev–Trinajstić information content (AvgIpc) is 3.37. The summed E-state index contributed by atoms with van der Waals surface area (Å²) in [5, 5.41) is 4.70. The molecular formula is C21H23N7O3S. The molecule has 0 amide bonds. The number of sulfonamides is 1. The van der Waals surface area contributed by atoms with Gasteiger partial charge in [-0.1, -0.05) is 17.3 Å². The maximum absolute atomic E-state index is 13.0. The Morgan fingerprint density at radius 2 is 1.75 bits per heavy atom. The number of rotatable bonds is 5. The summed E-state index contributed by atoms with van der Waals surface area (Å²) < 4.78 is 34.7. The Balaban J connectivity index is 1.29. The zero-order valence-electron chi connectivity index (χ0n) is 17.8. The Morgan fingerprint density at radius 3 is 2.50 bits per heavy atom. The third kappa shape index (κ3) is 3.73. The SMILES string of the molecule is Cc1ncn(-c2cc(N3CCN(S(=O)(=O)Cc4noc5ccccc45)CC3)ncn2)c1C. The molecule has 0 radical (unpaired) electrons. The Kier molecular flexibility index (Phi) is 5.14. The van der Waals surface area contributed by atoms with E-state index >= 15 is 0 Å². The van der Waals surface area contributed by atoms with Gasteiger partial charge in [0.2, 0.25) is 10.0 Å². The Bertz CT molecular complexity index is 1370. The second kappa shape index (κ2) is 7.99. The van der Waals surface area contributed by atoms with E-state index in [1.54, 1.807) is 12.4 Å². The molecule has 0 bridgehead atoms. The van der Waals surface area contributed by atoms with Crippen LogP contribution in [0.15, 0.2) is 47.5 Å². The number of aryl methyl sites for hydroxylation is 1. The van der Waals surface area contributed by atoms with Crippen molar-refractivity contribution in [2.24, 2.45) is 0 Å². The molecule has 1 fully saturated rings. The first kappa shape index (κ1) is 20.6. The van der Waals surface area contributed by atoms with Gasteiger partial charge in [-0.3, -0.25) is 4.57 Å². The summed E-state index contributed by atoms with van der Waals surface area (Å²) in [6.07, 6.45) is 3.27. The molecule has 1 saturated heterocycles. The maximum Gasteiger partial charge on any atom is 0.220 e. The molecule has 0 unspecified atom stereocenters. The molecule has 5 rings (SSSR count). The molecule has 1 aliphatic heterocycles. The van der Waals surface area contributed by atoms with Crippen molar-refractivity contribution in [3.8, 4) is 5.82 Å². The number of nitrogens with zero attached hydrogens (tertiary/aromatic N) is 7. The molecule has 11 heteroatoms. The van der Waals surface area contributed by atoms with Crippen LogP contribution < -0.4 is 4.90 Å². The van der Waals surface area contributed by atoms with Crippen molar-refractivity contribution < 1.29 is 12.9 Å². The fraction of sp³-hybridized carbons (Fsp3) is 0.333. The van der Waals surface area contributed by atoms with Gasteiger partial charge in [0.15, 0.2) is 5.58 Å². The molecule has 0 N–H and O–H groups in total. The molecule has 1 aromatic carbocycles. The van der Waals surface area contributed by atoms with Crippen LogP contribution in [0.25, 0.3) is 16.8 Å². The van der Waals surface area contributed by atoms with Crippen molar-refractivity contribution in [2.45, 2.75) is 19.6 Å². The number of hydrogen-bond donors (Lipinski definition) is 0. The van der Waals surface area contributed by atoms with Gasteiger partial charge in [-0.25, -0.2) is 23.4 Å². The zero-order valence-corrected chi connectivity index (χ0v) is 18.7. The highest BCUT2D eigenvalue weighted by atomic mass is 32.2. The van der Waals surface area contributed by atoms with E-state index in [9.17, 15) is 8.42 Å². The lowest BCUT2D eigenvalue weighted by Crippen LogP contribution is -2.49. The standard InChI is InChI=1S/C21H23N7O3S/c1-15-16(2)28(14-24-15)21-11-20(22-13-23-21)26-7-9-27(10-8-26)32(29,30)12-18-17-5-3-4-6-19(17)31-25-18/h3-6,11,13-14H,7-10,12H2,1-2H3. The molecule has 0 atom stereocenters. The van der Waals surface area contributed by atoms with E-state index < -0.39 is 10.0 Å². The van der Waals surface area contributed by atoms with Gasteiger partial charge in [-0.2, -0.15) is 4.31 Å². The topological polar surface area (TPSA) is 110 Å². The molecule has 4 aromatic rings. The number of aromatic nitrogens is 5. The van der Waals surface area contributed by atoms with Crippen molar-refractivity contribution in [3.63, 3.8) is 0 Å². The van der Waals surface area contributed by atoms with E-state index in [-0.39, 0.29) is 5.75 Å². The van der Waals surface area contributed by atoms with Gasteiger partial charge in [0.1, 0.15) is 35.7 Å². The van der Waals surface area contributed by atoms with Crippen molar-refractivity contribution in [2.75, 3.05) is 31.1 Å². The number of hydrogen-bond acceptors (Lipinski definition) is 8. The summed E-state index contributed by atoms with van der Waals surface area (Å²) in [7, 11) is -3.52. The first-order valence-electron chi connectivity index (χ1n) is 10.3. The number of anilines is 1. The quantitative estimate of drug-likeness (QED) is 0.452. The fourth-order valence-corrected chi connectivity index (χ4v) is 5.33. The van der Waals surface area contributed by atoms with Gasteiger partial charge in [0.25, 0.3) is 0 Å². The van der Waals surface area contributed by atoms with Gasteiger partial charge in [-0.05, 0) is 26.0 Å². The summed E-state index contributed by atoms with van der Waals surface area (Å²) in [5.74, 6) is 1.32. The van der Waals surface area contributed by atoms with Crippen LogP contribution in [-0.2, 0) is 15.8 Å². The molecule has 32 heavy (non-hydrogen) atoms. The van der Waals surface area contributed by atoms with Gasteiger partial charge >= 0.3 is 0 Å². The van der Waals surface area contributed by atoms with Gasteiger partial charge in [-0.15, -0.1) is 0 Å². The second-order valence-corrected chi connectivity index (χ2v) is 9.76. The molecule has 0 spiro atoms. The minimum atomic E-state index is -3.52. The van der Waals surface area contributed by atoms with E-state index in [0.29, 0.717) is 37.5 Å². The lowest BCUT2D eigenvalue weighted by molar-refractivity contribution is 0.381. The first-order chi connectivity index (χ1) is 15.4. The van der Waals surface area contributed by atoms with E-state index in [1.165, 1.54) is 10.6 Å². The van der Waals surface area contributed by atoms with Crippen LogP contribution in [0.1, 0.15) is 17.1 Å². The molecular weight excluding hydrogens is 430 g/mol. The van der Waals surface area contributed by atoms with Crippen LogP contribution in [0.5, 0.6) is 0 Å². The highest BCUT2D eigenvalue weighted by Crippen LogP contribution is 2.23. The number of imidazole rings is 1. The summed E-state index contributed by atoms with van der Waals surface area (Å²) in [6.45, 7) is 5.77. The molecule has 3 aromatic heterocycles. The predicted octanol–water partition coefficient (Wildman–Crippen LogP) is 2.07. The predicted molar refractivity (Wildman–Crippen MR) is 119 cm³/mol. The Morgan fingerprint density at radius 1 is 1.00 bits per heavy atom. The molecule has 166 valence electrons. The number of benzene rings is 1. The van der Waals surface area contributed by atoms with Crippen LogP contribution >= 0.6 is 0 Å². The number of fused-ring (bicyclic) bond motifs is 1. The van der Waals surface area contributed by atoms with Gasteiger partial charge in [0, 0.05) is 43.3 Å². The maximum atomic E-state index is 13.0. The number of piperazine rings is 1. The normalized spacial score (nSPS) is 15.5. The Labute approximate surface area is 185 Å². The molecule has 4 heterocycles. The second-order valence-electron chi connectivity index (χ2n) is 7.79. The monoisotopic (exact) mass is 453 g/mol. The lowest BCUT2D eigenvalue weighted by Gasteiger charge is -2.34. The minimum Gasteiger partial charge on any atom is -0.356 e. The zero-order chi connectivity index (χ0) is 22.3. The van der Waals surface area contributed by atoms with Crippen molar-refractivity contribution in [1.82, 2.24) is 29.0 Å². The molecule has 1 aliphatic rings. The summed E-state index contributed by atoms with van der Waals surface area (Å²) in [6, 6.07) is 9.18. The van der Waals surface area contributed by atoms with Crippen LogP contribution in [-0.4, -0.2) is 63.6 Å². The summed E-state index contributed by atoms with van der Waals surface area (Å²) >= 11 is 0. The largest absolute Gasteiger partial charge is 0.356 e. The van der Waals surface area contributed by atoms with Crippen LogP contribution in [0.3, 0.4) is 0 Å². The van der Waals surface area contributed by atoms with Crippen molar-refractivity contribution >= 4 is 26.8 Å². The summed E-state index contributed by atoms with van der Waals surface area (Å²) in [5.41, 5.74) is 3.00. The smallest absolute Gasteiger partial charge is 0.220 e. The van der Waals surface area contributed by atoms with E-state index in [4.69, 9.17) is 4.52 Å². The van der Waals surface area contributed by atoms with Gasteiger partial charge < -0.3 is 9.42 Å². The summed E-state index contributed by atoms with van der Waals surface area (Å²) in [4.78, 5) is 15.2. The minimum absolute atomic E-state index is 0.180. The lowest BCUT2D eigenvalue weighted by atomic mass is 10.2.